The van der Waals surface area contributed by atoms with Crippen LogP contribution in [0.25, 0.3) is 0 Å². The molecule has 1 aliphatic rings. The van der Waals surface area contributed by atoms with E-state index in [1.807, 2.05) is 67.4 Å². The van der Waals surface area contributed by atoms with Crippen LogP contribution in [0.3, 0.4) is 0 Å². The number of urea groups is 1. The number of carbonyl (C=O) groups excluding carboxylic acids is 1. The van der Waals surface area contributed by atoms with Gasteiger partial charge in [0.05, 0.1) is 24.9 Å². The Labute approximate surface area is 241 Å². The van der Waals surface area contributed by atoms with Crippen molar-refractivity contribution >= 4 is 6.03 Å². The highest BCUT2D eigenvalue weighted by Crippen LogP contribution is 2.42. The minimum atomic E-state index is -0.763. The second-order valence-electron chi connectivity index (χ2n) is 10.6. The smallest absolute Gasteiger partial charge is 0.315 e. The van der Waals surface area contributed by atoms with E-state index in [1.165, 1.54) is 0 Å². The van der Waals surface area contributed by atoms with Crippen molar-refractivity contribution in [3.63, 3.8) is 0 Å². The number of rotatable bonds is 11. The third kappa shape index (κ3) is 8.28. The summed E-state index contributed by atoms with van der Waals surface area (Å²) in [6, 6.07) is 22.0. The van der Waals surface area contributed by atoms with Crippen molar-refractivity contribution in [3.05, 3.63) is 101 Å². The van der Waals surface area contributed by atoms with Crippen LogP contribution in [0, 0.1) is 5.92 Å². The van der Waals surface area contributed by atoms with Crippen LogP contribution in [0.1, 0.15) is 60.2 Å². The van der Waals surface area contributed by atoms with Gasteiger partial charge >= 0.3 is 6.03 Å². The summed E-state index contributed by atoms with van der Waals surface area (Å²) in [5.41, 5.74) is 4.30. The Bertz CT molecular complexity index is 1250. The van der Waals surface area contributed by atoms with Crippen molar-refractivity contribution < 1.29 is 29.6 Å². The molecule has 1 fully saturated rings. The number of nitrogens with zero attached hydrogens (tertiary/aromatic N) is 1. The lowest BCUT2D eigenvalue weighted by Gasteiger charge is -2.42. The number of aromatic hydroxyl groups is 1. The van der Waals surface area contributed by atoms with Crippen molar-refractivity contribution in [2.24, 2.45) is 5.92 Å². The number of nitrogens with one attached hydrogen (secondary N) is 2. The summed E-state index contributed by atoms with van der Waals surface area (Å²) in [6.07, 6.45) is -1.85. The van der Waals surface area contributed by atoms with Crippen molar-refractivity contribution in [2.45, 2.75) is 51.6 Å². The number of likely N-dealkylation sites (N-methyl/N-ethyl adjacent to an activating group) is 1. The first-order chi connectivity index (χ1) is 19.8. The number of hydrogen-bond donors (Lipinski definition) is 5. The topological polar surface area (TPSA) is 124 Å². The zero-order valence-corrected chi connectivity index (χ0v) is 23.9. The Morgan fingerprint density at radius 3 is 2.32 bits per heavy atom. The van der Waals surface area contributed by atoms with E-state index in [4.69, 9.17) is 9.47 Å². The highest BCUT2D eigenvalue weighted by atomic mass is 16.7. The predicted octanol–water partition coefficient (Wildman–Crippen LogP) is 4.16. The minimum absolute atomic E-state index is 0.00728. The average molecular weight is 564 g/mol. The van der Waals surface area contributed by atoms with Crippen LogP contribution < -0.4 is 10.6 Å². The summed E-state index contributed by atoms with van der Waals surface area (Å²) < 4.78 is 13.1. The van der Waals surface area contributed by atoms with Gasteiger partial charge in [-0.2, -0.15) is 0 Å². The van der Waals surface area contributed by atoms with Crippen LogP contribution in [0.5, 0.6) is 5.75 Å². The fourth-order valence-electron chi connectivity index (χ4n) is 5.04. The Hall–Kier alpha value is -3.47. The van der Waals surface area contributed by atoms with Crippen LogP contribution in [-0.2, 0) is 22.6 Å². The molecule has 0 unspecified atom stereocenters. The van der Waals surface area contributed by atoms with E-state index in [9.17, 15) is 20.1 Å². The molecule has 9 heteroatoms. The second kappa shape index (κ2) is 14.4. The fourth-order valence-corrected chi connectivity index (χ4v) is 5.04. The summed E-state index contributed by atoms with van der Waals surface area (Å²) in [5, 5.41) is 35.6. The maximum atomic E-state index is 11.8. The Morgan fingerprint density at radius 1 is 0.976 bits per heavy atom. The monoisotopic (exact) mass is 563 g/mol. The lowest BCUT2D eigenvalue weighted by atomic mass is 9.90. The van der Waals surface area contributed by atoms with Crippen LogP contribution in [0.4, 0.5) is 4.79 Å². The second-order valence-corrected chi connectivity index (χ2v) is 10.6. The van der Waals surface area contributed by atoms with Crippen molar-refractivity contribution in [3.8, 4) is 5.75 Å². The zero-order valence-electron chi connectivity index (χ0n) is 23.9. The van der Waals surface area contributed by atoms with Crippen molar-refractivity contribution in [1.29, 1.82) is 0 Å². The molecule has 3 aromatic rings. The Kier molecular flexibility index (Phi) is 10.7. The molecule has 1 saturated heterocycles. The van der Waals surface area contributed by atoms with Crippen molar-refractivity contribution in [2.75, 3.05) is 26.7 Å². The van der Waals surface area contributed by atoms with E-state index in [-0.39, 0.29) is 36.5 Å². The Balaban J connectivity index is 1.50. The average Bonchev–Trinajstić information content (AvgIpc) is 2.97. The number of hydrogen-bond acceptors (Lipinski definition) is 7. The normalized spacial score (nSPS) is 21.4. The van der Waals surface area contributed by atoms with Gasteiger partial charge in [-0.05, 0) is 48.4 Å². The van der Waals surface area contributed by atoms with E-state index < -0.39 is 12.4 Å². The number of carbonyl (C=O) groups is 1. The SMILES string of the molecule is CCNC(=O)NCc1ccc([C@H]2O[C@@H](CN(C)C[C@@H](O)c3cccc(O)c3)[C@@H](C)[C@@H](c3ccc(CO)cc3)O2)cc1. The van der Waals surface area contributed by atoms with E-state index in [1.54, 1.807) is 24.3 Å². The maximum absolute atomic E-state index is 11.8. The van der Waals surface area contributed by atoms with E-state index in [0.717, 1.165) is 22.3 Å². The molecule has 3 aromatic carbocycles. The van der Waals surface area contributed by atoms with E-state index >= 15 is 0 Å². The van der Waals surface area contributed by atoms with Gasteiger partial charge in [0.2, 0.25) is 0 Å². The van der Waals surface area contributed by atoms with Gasteiger partial charge in [0.1, 0.15) is 5.75 Å². The molecule has 0 radical (unpaired) electrons. The molecule has 0 bridgehead atoms. The zero-order chi connectivity index (χ0) is 29.4. The molecule has 9 nitrogen and oxygen atoms in total. The van der Waals surface area contributed by atoms with Crippen LogP contribution in [-0.4, -0.2) is 59.0 Å². The third-order valence-electron chi connectivity index (χ3n) is 7.40. The quantitative estimate of drug-likeness (QED) is 0.237. The van der Waals surface area contributed by atoms with Gasteiger partial charge < -0.3 is 40.3 Å². The lowest BCUT2D eigenvalue weighted by Crippen LogP contribution is -2.44. The Morgan fingerprint density at radius 2 is 1.66 bits per heavy atom. The predicted molar refractivity (Wildman–Crippen MR) is 156 cm³/mol. The molecule has 0 aromatic heterocycles. The third-order valence-corrected chi connectivity index (χ3v) is 7.40. The number of aliphatic hydroxyl groups excluding tert-OH is 2. The van der Waals surface area contributed by atoms with Gasteiger partial charge in [0.25, 0.3) is 0 Å². The van der Waals surface area contributed by atoms with Gasteiger partial charge in [-0.25, -0.2) is 4.79 Å². The van der Waals surface area contributed by atoms with Gasteiger partial charge in [-0.3, -0.25) is 0 Å². The molecule has 5 N–H and O–H groups in total. The summed E-state index contributed by atoms with van der Waals surface area (Å²) in [5.74, 6) is 0.113. The molecule has 1 heterocycles. The number of benzene rings is 3. The molecule has 220 valence electrons. The van der Waals surface area contributed by atoms with Gasteiger partial charge in [-0.15, -0.1) is 0 Å². The van der Waals surface area contributed by atoms with Crippen LogP contribution in [0.15, 0.2) is 72.8 Å². The summed E-state index contributed by atoms with van der Waals surface area (Å²) in [6.45, 7) is 5.83. The fraction of sp³-hybridized carbons (Fsp3) is 0.406. The molecule has 1 aliphatic heterocycles. The number of phenols is 1. The molecule has 4 rings (SSSR count). The molecule has 41 heavy (non-hydrogen) atoms. The van der Waals surface area contributed by atoms with E-state index in [2.05, 4.69) is 17.6 Å². The number of ether oxygens (including phenoxy) is 2. The standard InChI is InChI=1S/C32H41N3O6/c1-4-33-32(39)34-17-22-8-14-25(15-9-22)31-40-29(19-35(3)18-28(38)26-6-5-7-27(37)16-26)21(2)30(41-31)24-12-10-23(20-36)11-13-24/h5-16,21,28-31,36-38H,4,17-20H2,1-3H3,(H2,33,34,39)/t21-,28-,29+,30+,31+/m1/s1. The van der Waals surface area contributed by atoms with Crippen molar-refractivity contribution in [1.82, 2.24) is 15.5 Å². The molecular formula is C32H41N3O6. The number of aliphatic hydroxyl groups is 2. The minimum Gasteiger partial charge on any atom is -0.508 e. The molecule has 5 atom stereocenters. The largest absolute Gasteiger partial charge is 0.508 e. The highest BCUT2D eigenvalue weighted by molar-refractivity contribution is 5.73. The summed E-state index contributed by atoms with van der Waals surface area (Å²) in [7, 11) is 1.94. The molecule has 0 saturated carbocycles. The first kappa shape index (κ1) is 30.5. The lowest BCUT2D eigenvalue weighted by molar-refractivity contribution is -0.276. The summed E-state index contributed by atoms with van der Waals surface area (Å²) >= 11 is 0. The van der Waals surface area contributed by atoms with Gasteiger partial charge in [0, 0.05) is 37.7 Å². The summed E-state index contributed by atoms with van der Waals surface area (Å²) in [4.78, 5) is 13.8. The first-order valence-corrected chi connectivity index (χ1v) is 14.0. The molecule has 2 amide bonds. The van der Waals surface area contributed by atoms with Crippen LogP contribution in [0.2, 0.25) is 0 Å². The van der Waals surface area contributed by atoms with Gasteiger partial charge in [-0.1, -0.05) is 67.6 Å². The molecule has 0 aliphatic carbocycles. The van der Waals surface area contributed by atoms with Crippen LogP contribution >= 0.6 is 0 Å². The molecule has 0 spiro atoms. The van der Waals surface area contributed by atoms with Gasteiger partial charge in [0.15, 0.2) is 6.29 Å². The van der Waals surface area contributed by atoms with E-state index in [0.29, 0.717) is 31.7 Å². The molecular weight excluding hydrogens is 522 g/mol. The highest BCUT2D eigenvalue weighted by Gasteiger charge is 2.39. The first-order valence-electron chi connectivity index (χ1n) is 14.0. The number of amides is 2. The number of phenolic OH excluding ortho intramolecular Hbond substituents is 1. The maximum Gasteiger partial charge on any atom is 0.315 e.